The molecule has 1 heterocycles. The molecule has 26 heavy (non-hydrogen) atoms. The number of carbonyl (C=O) groups is 2. The van der Waals surface area contributed by atoms with E-state index in [1.54, 1.807) is 26.0 Å². The molecule has 0 spiro atoms. The van der Waals surface area contributed by atoms with E-state index in [9.17, 15) is 14.0 Å². The van der Waals surface area contributed by atoms with Gasteiger partial charge in [0.05, 0.1) is 12.1 Å². The maximum atomic E-state index is 13.6. The smallest absolute Gasteiger partial charge is 0.305 e. The van der Waals surface area contributed by atoms with Crippen molar-refractivity contribution in [2.24, 2.45) is 0 Å². The van der Waals surface area contributed by atoms with Crippen LogP contribution in [0.2, 0.25) is 0 Å². The van der Waals surface area contributed by atoms with Crippen LogP contribution in [0, 0.1) is 5.82 Å². The van der Waals surface area contributed by atoms with Crippen molar-refractivity contribution in [3.05, 3.63) is 41.7 Å². The van der Waals surface area contributed by atoms with Crippen molar-refractivity contribution in [3.63, 3.8) is 0 Å². The summed E-state index contributed by atoms with van der Waals surface area (Å²) in [6.45, 7) is 7.47. The molecule has 0 radical (unpaired) electrons. The zero-order valence-corrected chi connectivity index (χ0v) is 15.3. The van der Waals surface area contributed by atoms with Crippen LogP contribution in [0.3, 0.4) is 0 Å². The second-order valence-electron chi connectivity index (χ2n) is 6.58. The first kappa shape index (κ1) is 19.6. The van der Waals surface area contributed by atoms with Crippen molar-refractivity contribution in [1.82, 2.24) is 19.7 Å². The highest BCUT2D eigenvalue weighted by Gasteiger charge is 2.26. The monoisotopic (exact) mass is 362 g/mol. The van der Waals surface area contributed by atoms with Crippen LogP contribution in [-0.4, -0.2) is 49.2 Å². The standard InChI is InChI=1S/C18H23FN4O3/c1-11(2)17-20-16(18(26)22(12(3)4)9-8-15(24)25)21-23(17)14-7-5-6-13(19)10-14/h5-7,10-12H,8-9H2,1-4H3,(H,24,25). The predicted molar refractivity (Wildman–Crippen MR) is 93.8 cm³/mol. The highest BCUT2D eigenvalue weighted by Crippen LogP contribution is 2.19. The summed E-state index contributed by atoms with van der Waals surface area (Å²) >= 11 is 0. The number of carboxylic acids is 1. The van der Waals surface area contributed by atoms with Gasteiger partial charge in [0.1, 0.15) is 11.6 Å². The number of hydrogen-bond acceptors (Lipinski definition) is 4. The van der Waals surface area contributed by atoms with E-state index in [1.807, 2.05) is 13.8 Å². The lowest BCUT2D eigenvalue weighted by molar-refractivity contribution is -0.137. The number of aromatic nitrogens is 3. The third-order valence-electron chi connectivity index (χ3n) is 3.84. The Hall–Kier alpha value is -2.77. The van der Waals surface area contributed by atoms with Crippen LogP contribution in [0.4, 0.5) is 4.39 Å². The molecule has 0 unspecified atom stereocenters. The Labute approximate surface area is 151 Å². The van der Waals surface area contributed by atoms with Crippen LogP contribution < -0.4 is 0 Å². The fourth-order valence-corrected chi connectivity index (χ4v) is 2.53. The van der Waals surface area contributed by atoms with E-state index in [1.165, 1.54) is 21.7 Å². The first-order chi connectivity index (χ1) is 12.2. The Morgan fingerprint density at radius 3 is 2.50 bits per heavy atom. The van der Waals surface area contributed by atoms with Crippen LogP contribution in [0.5, 0.6) is 0 Å². The Kier molecular flexibility index (Phi) is 6.07. The Balaban J connectivity index is 2.41. The molecular formula is C18H23FN4O3. The van der Waals surface area contributed by atoms with Crippen molar-refractivity contribution in [1.29, 1.82) is 0 Å². The average molecular weight is 362 g/mol. The van der Waals surface area contributed by atoms with Crippen molar-refractivity contribution < 1.29 is 19.1 Å². The topological polar surface area (TPSA) is 88.3 Å². The Morgan fingerprint density at radius 1 is 1.27 bits per heavy atom. The minimum absolute atomic E-state index is 0.0305. The first-order valence-corrected chi connectivity index (χ1v) is 8.46. The minimum Gasteiger partial charge on any atom is -0.481 e. The number of carbonyl (C=O) groups excluding carboxylic acids is 1. The van der Waals surface area contributed by atoms with Crippen LogP contribution in [-0.2, 0) is 4.79 Å². The number of rotatable bonds is 7. The average Bonchev–Trinajstić information content (AvgIpc) is 2.99. The van der Waals surface area contributed by atoms with Crippen LogP contribution >= 0.6 is 0 Å². The molecule has 8 heteroatoms. The third-order valence-corrected chi connectivity index (χ3v) is 3.84. The summed E-state index contributed by atoms with van der Waals surface area (Å²) in [5, 5.41) is 13.2. The normalized spacial score (nSPS) is 11.2. The van der Waals surface area contributed by atoms with Crippen molar-refractivity contribution in [3.8, 4) is 5.69 Å². The maximum Gasteiger partial charge on any atom is 0.305 e. The summed E-state index contributed by atoms with van der Waals surface area (Å²) in [5.74, 6) is -1.38. The number of hydrogen-bond donors (Lipinski definition) is 1. The fourth-order valence-electron chi connectivity index (χ4n) is 2.53. The van der Waals surface area contributed by atoms with Gasteiger partial charge in [-0.25, -0.2) is 14.1 Å². The van der Waals surface area contributed by atoms with Gasteiger partial charge >= 0.3 is 5.97 Å². The number of aliphatic carboxylic acids is 1. The minimum atomic E-state index is -0.982. The van der Waals surface area contributed by atoms with Gasteiger partial charge in [-0.1, -0.05) is 19.9 Å². The second kappa shape index (κ2) is 8.07. The summed E-state index contributed by atoms with van der Waals surface area (Å²) in [4.78, 5) is 29.4. The zero-order valence-electron chi connectivity index (χ0n) is 15.3. The summed E-state index contributed by atoms with van der Waals surface area (Å²) in [6.07, 6.45) is -0.161. The van der Waals surface area contributed by atoms with Gasteiger partial charge in [0.2, 0.25) is 5.82 Å². The van der Waals surface area contributed by atoms with Gasteiger partial charge in [0.25, 0.3) is 5.91 Å². The third kappa shape index (κ3) is 4.44. The molecule has 1 N–H and O–H groups in total. The molecule has 0 saturated heterocycles. The molecule has 0 atom stereocenters. The fraction of sp³-hybridized carbons (Fsp3) is 0.444. The van der Waals surface area contributed by atoms with Gasteiger partial charge in [-0.15, -0.1) is 5.10 Å². The van der Waals surface area contributed by atoms with E-state index in [2.05, 4.69) is 10.1 Å². The van der Waals surface area contributed by atoms with Crippen LogP contribution in [0.25, 0.3) is 5.69 Å². The van der Waals surface area contributed by atoms with Crippen molar-refractivity contribution >= 4 is 11.9 Å². The molecule has 0 aliphatic carbocycles. The summed E-state index contributed by atoms with van der Waals surface area (Å²) in [5.41, 5.74) is 0.474. The lowest BCUT2D eigenvalue weighted by Gasteiger charge is -2.24. The van der Waals surface area contributed by atoms with Gasteiger partial charge in [-0.2, -0.15) is 0 Å². The highest BCUT2D eigenvalue weighted by molar-refractivity contribution is 5.91. The van der Waals surface area contributed by atoms with Gasteiger partial charge in [0, 0.05) is 18.5 Å². The second-order valence-corrected chi connectivity index (χ2v) is 6.58. The van der Waals surface area contributed by atoms with Crippen molar-refractivity contribution in [2.75, 3.05) is 6.54 Å². The van der Waals surface area contributed by atoms with Gasteiger partial charge in [-0.3, -0.25) is 9.59 Å². The Bertz CT molecular complexity index is 801. The van der Waals surface area contributed by atoms with Crippen molar-refractivity contribution in [2.45, 2.75) is 46.1 Å². The lowest BCUT2D eigenvalue weighted by atomic mass is 10.2. The van der Waals surface area contributed by atoms with E-state index in [0.29, 0.717) is 11.5 Å². The molecule has 0 aliphatic rings. The quantitative estimate of drug-likeness (QED) is 0.818. The molecular weight excluding hydrogens is 339 g/mol. The first-order valence-electron chi connectivity index (χ1n) is 8.46. The summed E-state index contributed by atoms with van der Waals surface area (Å²) in [6, 6.07) is 5.69. The molecule has 0 aliphatic heterocycles. The number of benzene rings is 1. The number of carboxylic acid groups (broad SMARTS) is 1. The van der Waals surface area contributed by atoms with E-state index < -0.39 is 17.7 Å². The molecule has 1 aromatic carbocycles. The molecule has 7 nitrogen and oxygen atoms in total. The molecule has 0 fully saturated rings. The molecule has 0 bridgehead atoms. The number of nitrogens with zero attached hydrogens (tertiary/aromatic N) is 4. The largest absolute Gasteiger partial charge is 0.481 e. The highest BCUT2D eigenvalue weighted by atomic mass is 19.1. The predicted octanol–water partition coefficient (Wildman–Crippen LogP) is 2.86. The molecule has 140 valence electrons. The summed E-state index contributed by atoms with van der Waals surface area (Å²) < 4.78 is 15.0. The molecule has 0 saturated carbocycles. The van der Waals surface area contributed by atoms with E-state index in [4.69, 9.17) is 5.11 Å². The van der Waals surface area contributed by atoms with Gasteiger partial charge < -0.3 is 10.0 Å². The van der Waals surface area contributed by atoms with E-state index >= 15 is 0 Å². The van der Waals surface area contributed by atoms with Crippen LogP contribution in [0.1, 0.15) is 56.5 Å². The molecule has 1 amide bonds. The van der Waals surface area contributed by atoms with E-state index in [0.717, 1.165) is 0 Å². The molecule has 2 aromatic rings. The lowest BCUT2D eigenvalue weighted by Crippen LogP contribution is -2.39. The summed E-state index contributed by atoms with van der Waals surface area (Å²) in [7, 11) is 0. The van der Waals surface area contributed by atoms with Gasteiger partial charge in [-0.05, 0) is 32.0 Å². The van der Waals surface area contributed by atoms with Crippen LogP contribution in [0.15, 0.2) is 24.3 Å². The van der Waals surface area contributed by atoms with E-state index in [-0.39, 0.29) is 30.7 Å². The maximum absolute atomic E-state index is 13.6. The zero-order chi connectivity index (χ0) is 19.4. The number of amides is 1. The van der Waals surface area contributed by atoms with Gasteiger partial charge in [0.15, 0.2) is 0 Å². The number of halogens is 1. The molecule has 2 rings (SSSR count). The SMILES string of the molecule is CC(C)c1nc(C(=O)N(CCC(=O)O)C(C)C)nn1-c1cccc(F)c1. The molecule has 1 aromatic heterocycles. The Morgan fingerprint density at radius 2 is 1.96 bits per heavy atom.